The van der Waals surface area contributed by atoms with Gasteiger partial charge in [0, 0.05) is 38.4 Å². The summed E-state index contributed by atoms with van der Waals surface area (Å²) in [5.74, 6) is 0.0716. The standard InChI is InChI=1S/C22H29N3O/c1-17-12-18(2)14-21(13-17)23-22(26)16-25-10-8-24(9-11-25)15-20-7-5-4-6-19(20)3/h4-7,12-14H,8-11,15-16H2,1-3H3,(H,23,26). The molecule has 1 amide bonds. The van der Waals surface area contributed by atoms with Crippen molar-refractivity contribution in [2.45, 2.75) is 27.3 Å². The van der Waals surface area contributed by atoms with Gasteiger partial charge in [-0.1, -0.05) is 30.3 Å². The molecule has 0 aromatic heterocycles. The molecule has 0 unspecified atom stereocenters. The van der Waals surface area contributed by atoms with Crippen LogP contribution in [0.1, 0.15) is 22.3 Å². The quantitative estimate of drug-likeness (QED) is 0.897. The smallest absolute Gasteiger partial charge is 0.238 e. The van der Waals surface area contributed by atoms with Crippen LogP contribution in [-0.4, -0.2) is 48.4 Å². The van der Waals surface area contributed by atoms with E-state index < -0.39 is 0 Å². The average Bonchev–Trinajstić information content (AvgIpc) is 2.57. The minimum atomic E-state index is 0.0716. The Morgan fingerprint density at radius 2 is 1.54 bits per heavy atom. The molecule has 2 aromatic rings. The molecule has 0 atom stereocenters. The van der Waals surface area contributed by atoms with Crippen molar-refractivity contribution in [3.8, 4) is 0 Å². The number of anilines is 1. The fraction of sp³-hybridized carbons (Fsp3) is 0.409. The highest BCUT2D eigenvalue weighted by Gasteiger charge is 2.19. The number of nitrogens with one attached hydrogen (secondary N) is 1. The molecule has 1 aliphatic rings. The molecular weight excluding hydrogens is 322 g/mol. The predicted molar refractivity (Wildman–Crippen MR) is 107 cm³/mol. The number of amides is 1. The van der Waals surface area contributed by atoms with E-state index >= 15 is 0 Å². The van der Waals surface area contributed by atoms with Gasteiger partial charge in [-0.25, -0.2) is 0 Å². The van der Waals surface area contributed by atoms with Crippen LogP contribution >= 0.6 is 0 Å². The first-order valence-corrected chi connectivity index (χ1v) is 9.37. The summed E-state index contributed by atoms with van der Waals surface area (Å²) in [6.07, 6.45) is 0. The second kappa shape index (κ2) is 8.47. The molecule has 0 bridgehead atoms. The fourth-order valence-corrected chi connectivity index (χ4v) is 3.58. The molecule has 2 aromatic carbocycles. The maximum Gasteiger partial charge on any atom is 0.238 e. The van der Waals surface area contributed by atoms with Crippen LogP contribution in [-0.2, 0) is 11.3 Å². The molecule has 1 fully saturated rings. The van der Waals surface area contributed by atoms with E-state index in [-0.39, 0.29) is 5.91 Å². The molecule has 1 heterocycles. The number of nitrogens with zero attached hydrogens (tertiary/aromatic N) is 2. The van der Waals surface area contributed by atoms with Gasteiger partial charge in [0.05, 0.1) is 6.54 Å². The summed E-state index contributed by atoms with van der Waals surface area (Å²) in [7, 11) is 0. The van der Waals surface area contributed by atoms with Gasteiger partial charge in [0.25, 0.3) is 0 Å². The lowest BCUT2D eigenvalue weighted by Gasteiger charge is -2.34. The maximum atomic E-state index is 12.4. The lowest BCUT2D eigenvalue weighted by atomic mass is 10.1. The molecule has 0 spiro atoms. The Kier molecular flexibility index (Phi) is 6.07. The molecule has 0 aliphatic carbocycles. The van der Waals surface area contributed by atoms with Crippen molar-refractivity contribution in [3.05, 3.63) is 64.7 Å². The molecular formula is C22H29N3O. The molecule has 1 saturated heterocycles. The van der Waals surface area contributed by atoms with Gasteiger partial charge < -0.3 is 5.32 Å². The minimum absolute atomic E-state index is 0.0716. The van der Waals surface area contributed by atoms with Crippen molar-refractivity contribution < 1.29 is 4.79 Å². The third-order valence-corrected chi connectivity index (χ3v) is 4.99. The van der Waals surface area contributed by atoms with E-state index in [1.54, 1.807) is 0 Å². The van der Waals surface area contributed by atoms with E-state index in [1.165, 1.54) is 22.3 Å². The summed E-state index contributed by atoms with van der Waals surface area (Å²) in [4.78, 5) is 17.1. The number of rotatable bonds is 5. The number of piperazine rings is 1. The molecule has 4 nitrogen and oxygen atoms in total. The minimum Gasteiger partial charge on any atom is -0.325 e. The zero-order valence-electron chi connectivity index (χ0n) is 16.1. The van der Waals surface area contributed by atoms with Crippen LogP contribution in [0, 0.1) is 20.8 Å². The van der Waals surface area contributed by atoms with Gasteiger partial charge in [0.1, 0.15) is 0 Å². The normalized spacial score (nSPS) is 15.8. The van der Waals surface area contributed by atoms with Gasteiger partial charge in [-0.3, -0.25) is 14.6 Å². The van der Waals surface area contributed by atoms with Crippen molar-refractivity contribution in [3.63, 3.8) is 0 Å². The number of aryl methyl sites for hydroxylation is 3. The Morgan fingerprint density at radius 3 is 2.19 bits per heavy atom. The second-order valence-electron chi connectivity index (χ2n) is 7.40. The largest absolute Gasteiger partial charge is 0.325 e. The topological polar surface area (TPSA) is 35.6 Å². The summed E-state index contributed by atoms with van der Waals surface area (Å²) in [5.41, 5.74) is 5.98. The third-order valence-electron chi connectivity index (χ3n) is 4.99. The maximum absolute atomic E-state index is 12.4. The first kappa shape index (κ1) is 18.6. The molecule has 26 heavy (non-hydrogen) atoms. The number of benzene rings is 2. The molecule has 1 aliphatic heterocycles. The summed E-state index contributed by atoms with van der Waals surface area (Å²) >= 11 is 0. The van der Waals surface area contributed by atoms with Crippen LogP contribution in [0.15, 0.2) is 42.5 Å². The van der Waals surface area contributed by atoms with Crippen molar-refractivity contribution in [2.24, 2.45) is 0 Å². The Bertz CT molecular complexity index is 743. The van der Waals surface area contributed by atoms with E-state index in [0.717, 1.165) is 38.4 Å². The zero-order valence-corrected chi connectivity index (χ0v) is 16.1. The highest BCUT2D eigenvalue weighted by atomic mass is 16.2. The molecule has 138 valence electrons. The van der Waals surface area contributed by atoms with Crippen LogP contribution in [0.5, 0.6) is 0 Å². The monoisotopic (exact) mass is 351 g/mol. The van der Waals surface area contributed by atoms with Gasteiger partial charge in [-0.05, 0) is 55.2 Å². The number of hydrogen-bond acceptors (Lipinski definition) is 3. The van der Waals surface area contributed by atoms with Gasteiger partial charge in [0.15, 0.2) is 0 Å². The van der Waals surface area contributed by atoms with Crippen molar-refractivity contribution in [1.29, 1.82) is 0 Å². The van der Waals surface area contributed by atoms with Crippen molar-refractivity contribution in [1.82, 2.24) is 9.80 Å². The molecule has 4 heteroatoms. The number of carbonyl (C=O) groups excluding carboxylic acids is 1. The Morgan fingerprint density at radius 1 is 0.923 bits per heavy atom. The highest BCUT2D eigenvalue weighted by molar-refractivity contribution is 5.92. The SMILES string of the molecule is Cc1cc(C)cc(NC(=O)CN2CCN(Cc3ccccc3C)CC2)c1. The summed E-state index contributed by atoms with van der Waals surface area (Å²) in [6.45, 7) is 11.6. The first-order chi connectivity index (χ1) is 12.5. The molecule has 1 N–H and O–H groups in total. The summed E-state index contributed by atoms with van der Waals surface area (Å²) in [5, 5.41) is 3.04. The van der Waals surface area contributed by atoms with E-state index in [0.29, 0.717) is 6.54 Å². The molecule has 0 saturated carbocycles. The lowest BCUT2D eigenvalue weighted by Crippen LogP contribution is -2.48. The second-order valence-corrected chi connectivity index (χ2v) is 7.40. The Hall–Kier alpha value is -2.17. The van der Waals surface area contributed by atoms with Gasteiger partial charge >= 0.3 is 0 Å². The lowest BCUT2D eigenvalue weighted by molar-refractivity contribution is -0.117. The highest BCUT2D eigenvalue weighted by Crippen LogP contribution is 2.15. The van der Waals surface area contributed by atoms with Crippen LogP contribution in [0.2, 0.25) is 0 Å². The van der Waals surface area contributed by atoms with Gasteiger partial charge in [-0.15, -0.1) is 0 Å². The number of carbonyl (C=O) groups is 1. The third kappa shape index (κ3) is 5.16. The van der Waals surface area contributed by atoms with Gasteiger partial charge in [0.2, 0.25) is 5.91 Å². The first-order valence-electron chi connectivity index (χ1n) is 9.37. The van der Waals surface area contributed by atoms with Crippen LogP contribution in [0.25, 0.3) is 0 Å². The summed E-state index contributed by atoms with van der Waals surface area (Å²) in [6, 6.07) is 14.7. The van der Waals surface area contributed by atoms with E-state index in [2.05, 4.69) is 66.2 Å². The van der Waals surface area contributed by atoms with Gasteiger partial charge in [-0.2, -0.15) is 0 Å². The Balaban J connectivity index is 1.46. The average molecular weight is 351 g/mol. The van der Waals surface area contributed by atoms with Crippen LogP contribution in [0.3, 0.4) is 0 Å². The van der Waals surface area contributed by atoms with Crippen molar-refractivity contribution in [2.75, 3.05) is 38.0 Å². The molecule has 3 rings (SSSR count). The summed E-state index contributed by atoms with van der Waals surface area (Å²) < 4.78 is 0. The van der Waals surface area contributed by atoms with E-state index in [1.807, 2.05) is 12.1 Å². The Labute approximate surface area is 156 Å². The van der Waals surface area contributed by atoms with Crippen molar-refractivity contribution >= 4 is 11.6 Å². The van der Waals surface area contributed by atoms with Crippen LogP contribution < -0.4 is 5.32 Å². The zero-order chi connectivity index (χ0) is 18.5. The van der Waals surface area contributed by atoms with E-state index in [9.17, 15) is 4.79 Å². The van der Waals surface area contributed by atoms with E-state index in [4.69, 9.17) is 0 Å². The van der Waals surface area contributed by atoms with Crippen LogP contribution in [0.4, 0.5) is 5.69 Å². The molecule has 0 radical (unpaired) electrons. The predicted octanol–water partition coefficient (Wildman–Crippen LogP) is 3.37. The fourth-order valence-electron chi connectivity index (χ4n) is 3.58. The number of hydrogen-bond donors (Lipinski definition) is 1.